The molecule has 1 aliphatic heterocycles. The molecule has 0 unspecified atom stereocenters. The normalized spacial score (nSPS) is 14.6. The highest BCUT2D eigenvalue weighted by atomic mass is 32.2. The highest BCUT2D eigenvalue weighted by Gasteiger charge is 2.34. The van der Waals surface area contributed by atoms with Crippen molar-refractivity contribution >= 4 is 45.7 Å². The molecule has 1 saturated heterocycles. The fourth-order valence-electron chi connectivity index (χ4n) is 3.45. The molecule has 3 aromatic carbocycles. The number of amides is 3. The molecule has 0 spiro atoms. The highest BCUT2D eigenvalue weighted by Crippen LogP contribution is 2.34. The van der Waals surface area contributed by atoms with Gasteiger partial charge in [0, 0.05) is 5.39 Å². The van der Waals surface area contributed by atoms with Crippen LogP contribution in [0.5, 0.6) is 17.2 Å². The smallest absolute Gasteiger partial charge is 0.293 e. The number of methoxy groups -OCH3 is 1. The number of nitrogens with two attached hydrogens (primary N) is 1. The van der Waals surface area contributed by atoms with E-state index >= 15 is 0 Å². The van der Waals surface area contributed by atoms with E-state index in [0.717, 1.165) is 22.5 Å². The first-order chi connectivity index (χ1) is 16.5. The van der Waals surface area contributed by atoms with Crippen LogP contribution in [0.2, 0.25) is 0 Å². The second-order valence-corrected chi connectivity index (χ2v) is 8.32. The molecule has 34 heavy (non-hydrogen) atoms. The average molecular weight is 479 g/mol. The molecule has 0 aromatic heterocycles. The van der Waals surface area contributed by atoms with Gasteiger partial charge in [0.2, 0.25) is 0 Å². The van der Waals surface area contributed by atoms with Crippen molar-refractivity contribution in [2.75, 3.05) is 26.9 Å². The van der Waals surface area contributed by atoms with Crippen LogP contribution in [0.3, 0.4) is 0 Å². The Morgan fingerprint density at radius 2 is 1.79 bits per heavy atom. The molecule has 1 fully saturated rings. The van der Waals surface area contributed by atoms with Gasteiger partial charge in [-0.25, -0.2) is 0 Å². The number of ether oxygens (including phenoxy) is 3. The Kier molecular flexibility index (Phi) is 7.03. The van der Waals surface area contributed by atoms with Gasteiger partial charge in [0.15, 0.2) is 18.1 Å². The first-order valence-corrected chi connectivity index (χ1v) is 11.2. The molecule has 1 aliphatic rings. The number of thioether (sulfide) groups is 1. The lowest BCUT2D eigenvalue weighted by molar-refractivity contribution is -0.123. The van der Waals surface area contributed by atoms with E-state index in [-0.39, 0.29) is 30.9 Å². The fraction of sp³-hybridized carbons (Fsp3) is 0.160. The summed E-state index contributed by atoms with van der Waals surface area (Å²) in [5.41, 5.74) is 5.74. The van der Waals surface area contributed by atoms with Gasteiger partial charge in [0.1, 0.15) is 12.4 Å². The van der Waals surface area contributed by atoms with Gasteiger partial charge < -0.3 is 19.9 Å². The van der Waals surface area contributed by atoms with Crippen molar-refractivity contribution in [2.24, 2.45) is 5.73 Å². The third-order valence-electron chi connectivity index (χ3n) is 5.05. The van der Waals surface area contributed by atoms with Gasteiger partial charge in [-0.05, 0) is 47.0 Å². The second-order valence-electron chi connectivity index (χ2n) is 7.32. The van der Waals surface area contributed by atoms with E-state index in [4.69, 9.17) is 19.9 Å². The Morgan fingerprint density at radius 3 is 2.59 bits per heavy atom. The zero-order chi connectivity index (χ0) is 24.1. The molecule has 2 N–H and O–H groups in total. The molecule has 0 atom stereocenters. The largest absolute Gasteiger partial charge is 0.493 e. The van der Waals surface area contributed by atoms with Gasteiger partial charge >= 0.3 is 0 Å². The molecular formula is C25H22N2O6S. The first kappa shape index (κ1) is 23.2. The lowest BCUT2D eigenvalue weighted by Gasteiger charge is -2.14. The average Bonchev–Trinajstić information content (AvgIpc) is 3.10. The van der Waals surface area contributed by atoms with Gasteiger partial charge in [0.25, 0.3) is 17.1 Å². The molecule has 3 amide bonds. The van der Waals surface area contributed by atoms with Gasteiger partial charge in [0.05, 0.1) is 18.6 Å². The van der Waals surface area contributed by atoms with Crippen LogP contribution in [0.25, 0.3) is 16.8 Å². The van der Waals surface area contributed by atoms with Crippen LogP contribution in [-0.2, 0) is 9.59 Å². The topological polar surface area (TPSA) is 108 Å². The predicted octanol–water partition coefficient (Wildman–Crippen LogP) is 3.83. The third-order valence-corrected chi connectivity index (χ3v) is 5.96. The second kappa shape index (κ2) is 10.3. The fourth-order valence-corrected chi connectivity index (χ4v) is 4.32. The van der Waals surface area contributed by atoms with Crippen LogP contribution in [0.1, 0.15) is 5.56 Å². The number of nitrogens with zero attached hydrogens (tertiary/aromatic N) is 1. The van der Waals surface area contributed by atoms with Crippen LogP contribution in [0, 0.1) is 0 Å². The number of carbonyl (C=O) groups excluding carboxylic acids is 3. The lowest BCUT2D eigenvalue weighted by Crippen LogP contribution is -2.32. The molecule has 1 heterocycles. The van der Waals surface area contributed by atoms with Crippen molar-refractivity contribution in [3.8, 4) is 17.2 Å². The monoisotopic (exact) mass is 478 g/mol. The van der Waals surface area contributed by atoms with E-state index in [1.54, 1.807) is 24.3 Å². The number of rotatable bonds is 9. The van der Waals surface area contributed by atoms with Crippen LogP contribution >= 0.6 is 11.8 Å². The molecule has 8 nitrogen and oxygen atoms in total. The molecule has 0 aliphatic carbocycles. The number of hydrogen-bond donors (Lipinski definition) is 1. The number of imide groups is 1. The first-order valence-electron chi connectivity index (χ1n) is 10.4. The van der Waals surface area contributed by atoms with E-state index in [2.05, 4.69) is 0 Å². The number of benzene rings is 3. The molecule has 0 bridgehead atoms. The summed E-state index contributed by atoms with van der Waals surface area (Å²) in [6.07, 6.45) is 1.61. The van der Waals surface area contributed by atoms with E-state index in [9.17, 15) is 14.4 Å². The number of fused-ring (bicyclic) bond motifs is 1. The maximum absolute atomic E-state index is 12.8. The van der Waals surface area contributed by atoms with Crippen LogP contribution in [0.4, 0.5) is 4.79 Å². The zero-order valence-corrected chi connectivity index (χ0v) is 19.2. The summed E-state index contributed by atoms with van der Waals surface area (Å²) in [6.45, 7) is 0.0307. The Morgan fingerprint density at radius 1 is 1.00 bits per heavy atom. The number of primary amides is 1. The number of carbonyl (C=O) groups is 3. The molecule has 4 rings (SSSR count). The van der Waals surface area contributed by atoms with Crippen molar-refractivity contribution in [2.45, 2.75) is 0 Å². The van der Waals surface area contributed by atoms with Crippen LogP contribution in [0.15, 0.2) is 65.6 Å². The van der Waals surface area contributed by atoms with Crippen molar-refractivity contribution in [3.63, 3.8) is 0 Å². The summed E-state index contributed by atoms with van der Waals surface area (Å²) in [4.78, 5) is 37.7. The predicted molar refractivity (Wildman–Crippen MR) is 130 cm³/mol. The number of hydrogen-bond acceptors (Lipinski definition) is 7. The summed E-state index contributed by atoms with van der Waals surface area (Å²) < 4.78 is 16.5. The Labute approximate surface area is 200 Å². The van der Waals surface area contributed by atoms with Gasteiger partial charge in [-0.1, -0.05) is 42.5 Å². The lowest BCUT2D eigenvalue weighted by atomic mass is 10.1. The van der Waals surface area contributed by atoms with Crippen LogP contribution in [-0.4, -0.2) is 48.8 Å². The summed E-state index contributed by atoms with van der Waals surface area (Å²) in [6, 6.07) is 18.5. The SMILES string of the molecule is COc1cc(/C=C2\SC(=O)N(CCOc3cccc4ccccc34)C2=O)ccc1OCC(N)=O. The zero-order valence-electron chi connectivity index (χ0n) is 18.4. The summed E-state index contributed by atoms with van der Waals surface area (Å²) in [7, 11) is 1.46. The summed E-state index contributed by atoms with van der Waals surface area (Å²) in [5, 5.41) is 1.66. The van der Waals surface area contributed by atoms with Crippen molar-refractivity contribution in [3.05, 3.63) is 71.1 Å². The minimum absolute atomic E-state index is 0.133. The van der Waals surface area contributed by atoms with Crippen molar-refractivity contribution in [1.82, 2.24) is 4.90 Å². The molecular weight excluding hydrogens is 456 g/mol. The van der Waals surface area contributed by atoms with E-state index in [1.165, 1.54) is 12.0 Å². The molecule has 3 aromatic rings. The van der Waals surface area contributed by atoms with Crippen LogP contribution < -0.4 is 19.9 Å². The minimum atomic E-state index is -0.607. The Hall–Kier alpha value is -3.98. The Balaban J connectivity index is 1.42. The van der Waals surface area contributed by atoms with E-state index < -0.39 is 5.91 Å². The van der Waals surface area contributed by atoms with Crippen molar-refractivity contribution < 1.29 is 28.6 Å². The van der Waals surface area contributed by atoms with E-state index in [0.29, 0.717) is 27.7 Å². The quantitative estimate of drug-likeness (QED) is 0.466. The van der Waals surface area contributed by atoms with Gasteiger partial charge in [-0.3, -0.25) is 19.3 Å². The van der Waals surface area contributed by atoms with Crippen molar-refractivity contribution in [1.29, 1.82) is 0 Å². The molecule has 0 saturated carbocycles. The van der Waals surface area contributed by atoms with E-state index in [1.807, 2.05) is 42.5 Å². The van der Waals surface area contributed by atoms with Gasteiger partial charge in [-0.2, -0.15) is 0 Å². The van der Waals surface area contributed by atoms with Gasteiger partial charge in [-0.15, -0.1) is 0 Å². The Bertz CT molecular complexity index is 1280. The third kappa shape index (κ3) is 5.15. The molecule has 174 valence electrons. The maximum Gasteiger partial charge on any atom is 0.293 e. The standard InChI is InChI=1S/C25H22N2O6S/c1-31-21-13-16(9-10-20(21)33-15-23(26)28)14-22-24(29)27(25(30)34-22)11-12-32-19-8-4-6-17-5-2-3-7-18(17)19/h2-10,13-14H,11-12,15H2,1H3,(H2,26,28)/b22-14-. The summed E-state index contributed by atoms with van der Waals surface area (Å²) in [5.74, 6) is 0.426. The maximum atomic E-state index is 12.8. The molecule has 9 heteroatoms. The highest BCUT2D eigenvalue weighted by molar-refractivity contribution is 8.18. The minimum Gasteiger partial charge on any atom is -0.493 e. The summed E-state index contributed by atoms with van der Waals surface area (Å²) >= 11 is 0.867. The molecule has 0 radical (unpaired) electrons.